The van der Waals surface area contributed by atoms with Gasteiger partial charge in [0.25, 0.3) is 0 Å². The Hall–Kier alpha value is -1.35. The van der Waals surface area contributed by atoms with Gasteiger partial charge in [-0.2, -0.15) is 0 Å². The average Bonchev–Trinajstić information content (AvgIpc) is 2.08. The maximum Gasteiger partial charge on any atom is 0.155 e. The summed E-state index contributed by atoms with van der Waals surface area (Å²) in [7, 11) is 0. The molecule has 0 radical (unpaired) electrons. The molecule has 0 amide bonds. The average molecular weight is 180 g/mol. The van der Waals surface area contributed by atoms with Crippen LogP contribution in [0.4, 0.5) is 0 Å². The quantitative estimate of drug-likeness (QED) is 0.763. The third-order valence-electron chi connectivity index (χ3n) is 1.51. The lowest BCUT2D eigenvalue weighted by molar-refractivity contribution is -0.121. The number of carbonyl (C=O) groups excluding carboxylic acids is 1. The molecule has 3 nitrogen and oxygen atoms in total. The number of aromatic hydroxyl groups is 1. The van der Waals surface area contributed by atoms with E-state index in [1.807, 2.05) is 0 Å². The summed E-state index contributed by atoms with van der Waals surface area (Å²) in [6.45, 7) is 2.03. The maximum atomic E-state index is 10.5. The van der Waals surface area contributed by atoms with Crippen LogP contribution in [-0.4, -0.2) is 17.5 Å². The molecule has 70 valence electrons. The SMILES string of the molecule is CC(=O)COCc1ccc(O)cc1. The number of hydrogen-bond donors (Lipinski definition) is 1. The second-order valence-corrected chi connectivity index (χ2v) is 2.86. The first-order valence-electron chi connectivity index (χ1n) is 4.03. The summed E-state index contributed by atoms with van der Waals surface area (Å²) in [6, 6.07) is 6.70. The monoisotopic (exact) mass is 180 g/mol. The Bertz CT molecular complexity index is 277. The summed E-state index contributed by atoms with van der Waals surface area (Å²) >= 11 is 0. The molecule has 0 saturated heterocycles. The summed E-state index contributed by atoms with van der Waals surface area (Å²) in [5.41, 5.74) is 0.944. The van der Waals surface area contributed by atoms with Crippen LogP contribution < -0.4 is 0 Å². The molecule has 0 fully saturated rings. The van der Waals surface area contributed by atoms with Gasteiger partial charge in [0, 0.05) is 0 Å². The highest BCUT2D eigenvalue weighted by Crippen LogP contribution is 2.10. The smallest absolute Gasteiger partial charge is 0.155 e. The molecule has 0 atom stereocenters. The lowest BCUT2D eigenvalue weighted by Gasteiger charge is -2.01. The summed E-state index contributed by atoms with van der Waals surface area (Å²) < 4.78 is 5.09. The van der Waals surface area contributed by atoms with Crippen molar-refractivity contribution in [3.63, 3.8) is 0 Å². The lowest BCUT2D eigenvalue weighted by atomic mass is 10.2. The molecule has 0 aliphatic heterocycles. The lowest BCUT2D eigenvalue weighted by Crippen LogP contribution is -2.03. The van der Waals surface area contributed by atoms with Crippen molar-refractivity contribution in [3.8, 4) is 5.75 Å². The van der Waals surface area contributed by atoms with E-state index in [0.29, 0.717) is 6.61 Å². The number of phenols is 1. The molecule has 0 aliphatic rings. The van der Waals surface area contributed by atoms with Crippen molar-refractivity contribution >= 4 is 5.78 Å². The van der Waals surface area contributed by atoms with E-state index in [0.717, 1.165) is 5.56 Å². The summed E-state index contributed by atoms with van der Waals surface area (Å²) in [4.78, 5) is 10.5. The van der Waals surface area contributed by atoms with E-state index in [-0.39, 0.29) is 18.1 Å². The van der Waals surface area contributed by atoms with Crippen molar-refractivity contribution in [1.82, 2.24) is 0 Å². The molecule has 13 heavy (non-hydrogen) atoms. The van der Waals surface area contributed by atoms with Gasteiger partial charge in [-0.15, -0.1) is 0 Å². The van der Waals surface area contributed by atoms with E-state index in [4.69, 9.17) is 9.84 Å². The number of Topliss-reactive ketones (excluding diaryl/α,β-unsaturated/α-hetero) is 1. The van der Waals surface area contributed by atoms with Gasteiger partial charge in [0.2, 0.25) is 0 Å². The van der Waals surface area contributed by atoms with Crippen molar-refractivity contribution in [2.24, 2.45) is 0 Å². The van der Waals surface area contributed by atoms with E-state index >= 15 is 0 Å². The Morgan fingerprint density at radius 2 is 2.00 bits per heavy atom. The predicted octanol–water partition coefficient (Wildman–Crippen LogP) is 1.50. The Morgan fingerprint density at radius 3 is 2.54 bits per heavy atom. The first-order valence-corrected chi connectivity index (χ1v) is 4.03. The Kier molecular flexibility index (Phi) is 3.46. The summed E-state index contributed by atoms with van der Waals surface area (Å²) in [5, 5.41) is 8.98. The van der Waals surface area contributed by atoms with Crippen LogP contribution in [0, 0.1) is 0 Å². The van der Waals surface area contributed by atoms with Crippen LogP contribution >= 0.6 is 0 Å². The number of ether oxygens (including phenoxy) is 1. The van der Waals surface area contributed by atoms with Gasteiger partial charge in [-0.3, -0.25) is 4.79 Å². The second-order valence-electron chi connectivity index (χ2n) is 2.86. The third kappa shape index (κ3) is 3.71. The topological polar surface area (TPSA) is 46.5 Å². The van der Waals surface area contributed by atoms with Gasteiger partial charge in [0.15, 0.2) is 5.78 Å². The van der Waals surface area contributed by atoms with E-state index in [9.17, 15) is 4.79 Å². The van der Waals surface area contributed by atoms with Crippen LogP contribution in [0.5, 0.6) is 5.75 Å². The van der Waals surface area contributed by atoms with E-state index in [1.165, 1.54) is 6.92 Å². The highest BCUT2D eigenvalue weighted by atomic mass is 16.5. The van der Waals surface area contributed by atoms with Crippen molar-refractivity contribution < 1.29 is 14.6 Å². The molecule has 1 rings (SSSR count). The highest BCUT2D eigenvalue weighted by molar-refractivity contribution is 5.76. The second kappa shape index (κ2) is 4.62. The van der Waals surface area contributed by atoms with E-state index in [1.54, 1.807) is 24.3 Å². The predicted molar refractivity (Wildman–Crippen MR) is 48.4 cm³/mol. The largest absolute Gasteiger partial charge is 0.508 e. The molecule has 3 heteroatoms. The molecule has 1 N–H and O–H groups in total. The molecular formula is C10H12O3. The standard InChI is InChI=1S/C10H12O3/c1-8(11)6-13-7-9-2-4-10(12)5-3-9/h2-5,12H,6-7H2,1H3. The fraction of sp³-hybridized carbons (Fsp3) is 0.300. The molecule has 0 bridgehead atoms. The molecular weight excluding hydrogens is 168 g/mol. The fourth-order valence-corrected chi connectivity index (χ4v) is 0.905. The van der Waals surface area contributed by atoms with Crippen molar-refractivity contribution in [1.29, 1.82) is 0 Å². The number of ketones is 1. The zero-order valence-corrected chi connectivity index (χ0v) is 7.49. The van der Waals surface area contributed by atoms with E-state index in [2.05, 4.69) is 0 Å². The van der Waals surface area contributed by atoms with Crippen LogP contribution in [0.2, 0.25) is 0 Å². The summed E-state index contributed by atoms with van der Waals surface area (Å²) in [5.74, 6) is 0.245. The molecule has 0 saturated carbocycles. The molecule has 0 aliphatic carbocycles. The van der Waals surface area contributed by atoms with Gasteiger partial charge in [0.05, 0.1) is 6.61 Å². The van der Waals surface area contributed by atoms with Crippen molar-refractivity contribution in [2.45, 2.75) is 13.5 Å². The first kappa shape index (κ1) is 9.74. The number of carbonyl (C=O) groups is 1. The molecule has 1 aromatic carbocycles. The number of rotatable bonds is 4. The normalized spacial score (nSPS) is 9.92. The number of hydrogen-bond acceptors (Lipinski definition) is 3. The minimum atomic E-state index is 0.0128. The fourth-order valence-electron chi connectivity index (χ4n) is 0.905. The van der Waals surface area contributed by atoms with Crippen LogP contribution in [0.3, 0.4) is 0 Å². The van der Waals surface area contributed by atoms with Crippen LogP contribution in [0.25, 0.3) is 0 Å². The Labute approximate surface area is 77.0 Å². The molecule has 0 spiro atoms. The van der Waals surface area contributed by atoms with Gasteiger partial charge >= 0.3 is 0 Å². The van der Waals surface area contributed by atoms with Crippen LogP contribution in [0.15, 0.2) is 24.3 Å². The van der Waals surface area contributed by atoms with Gasteiger partial charge < -0.3 is 9.84 Å². The zero-order valence-electron chi connectivity index (χ0n) is 7.49. The van der Waals surface area contributed by atoms with Gasteiger partial charge in [-0.25, -0.2) is 0 Å². The molecule has 0 unspecified atom stereocenters. The molecule has 0 heterocycles. The molecule has 0 aromatic heterocycles. The Balaban J connectivity index is 2.37. The van der Waals surface area contributed by atoms with Gasteiger partial charge in [-0.1, -0.05) is 12.1 Å². The minimum absolute atomic E-state index is 0.0128. The maximum absolute atomic E-state index is 10.5. The number of phenolic OH excluding ortho intramolecular Hbond substituents is 1. The van der Waals surface area contributed by atoms with Crippen LogP contribution in [0.1, 0.15) is 12.5 Å². The highest BCUT2D eigenvalue weighted by Gasteiger charge is 1.95. The minimum Gasteiger partial charge on any atom is -0.508 e. The van der Waals surface area contributed by atoms with Gasteiger partial charge in [-0.05, 0) is 24.6 Å². The van der Waals surface area contributed by atoms with E-state index < -0.39 is 0 Å². The van der Waals surface area contributed by atoms with Gasteiger partial charge in [0.1, 0.15) is 12.4 Å². The van der Waals surface area contributed by atoms with Crippen LogP contribution in [-0.2, 0) is 16.1 Å². The Morgan fingerprint density at radius 1 is 1.38 bits per heavy atom. The molecule has 1 aromatic rings. The first-order chi connectivity index (χ1) is 6.18. The summed E-state index contributed by atoms with van der Waals surface area (Å²) in [6.07, 6.45) is 0. The van der Waals surface area contributed by atoms with Crippen molar-refractivity contribution in [3.05, 3.63) is 29.8 Å². The van der Waals surface area contributed by atoms with Crippen molar-refractivity contribution in [2.75, 3.05) is 6.61 Å². The third-order valence-corrected chi connectivity index (χ3v) is 1.51. The number of benzene rings is 1. The zero-order chi connectivity index (χ0) is 9.68.